The Morgan fingerprint density at radius 3 is 2.36 bits per heavy atom. The fraction of sp³-hybridized carbons (Fsp3) is 0.350. The van der Waals surface area contributed by atoms with Gasteiger partial charge in [0.25, 0.3) is 5.91 Å². The van der Waals surface area contributed by atoms with Crippen LogP contribution in [0.2, 0.25) is 0 Å². The van der Waals surface area contributed by atoms with Gasteiger partial charge in [0, 0.05) is 32.7 Å². The maximum atomic E-state index is 13.0. The summed E-state index contributed by atoms with van der Waals surface area (Å²) in [5, 5.41) is 10.2. The number of rotatable bonds is 4. The van der Waals surface area contributed by atoms with Crippen LogP contribution >= 0.6 is 0 Å². The Morgan fingerprint density at radius 1 is 1.08 bits per heavy atom. The van der Waals surface area contributed by atoms with E-state index in [1.165, 1.54) is 35.4 Å². The fourth-order valence-corrected chi connectivity index (χ4v) is 3.12. The fourth-order valence-electron chi connectivity index (χ4n) is 3.12. The predicted molar refractivity (Wildman–Crippen MR) is 94.4 cm³/mol. The molecule has 0 unspecified atom stereocenters. The van der Waals surface area contributed by atoms with E-state index < -0.39 is 6.10 Å². The number of amides is 1. The van der Waals surface area contributed by atoms with Crippen molar-refractivity contribution in [3.63, 3.8) is 0 Å². The first-order chi connectivity index (χ1) is 12.0. The van der Waals surface area contributed by atoms with Crippen LogP contribution in [0.15, 0.2) is 48.5 Å². The molecule has 1 heterocycles. The average Bonchev–Trinajstić information content (AvgIpc) is 2.64. The van der Waals surface area contributed by atoms with E-state index in [1.807, 2.05) is 12.1 Å². The highest BCUT2D eigenvalue weighted by atomic mass is 19.1. The van der Waals surface area contributed by atoms with Gasteiger partial charge in [-0.2, -0.15) is 0 Å². The highest BCUT2D eigenvalue weighted by molar-refractivity contribution is 5.82. The standard InChI is InChI=1S/C20H23FN2O2/c1-15-4-2-3-5-17(15)14-22-10-12-23(13-11-22)20(25)19(24)16-6-8-18(21)9-7-16/h2-9,19,24H,10-14H2,1H3/t19-/m1/s1. The van der Waals surface area contributed by atoms with Crippen LogP contribution in [-0.4, -0.2) is 47.0 Å². The van der Waals surface area contributed by atoms with E-state index in [0.717, 1.165) is 19.6 Å². The molecule has 3 rings (SSSR count). The number of carbonyl (C=O) groups is 1. The monoisotopic (exact) mass is 342 g/mol. The average molecular weight is 342 g/mol. The van der Waals surface area contributed by atoms with Gasteiger partial charge in [-0.3, -0.25) is 9.69 Å². The molecule has 2 aromatic rings. The van der Waals surface area contributed by atoms with Crippen molar-refractivity contribution in [1.82, 2.24) is 9.80 Å². The molecule has 0 saturated carbocycles. The molecular formula is C20H23FN2O2. The lowest BCUT2D eigenvalue weighted by Gasteiger charge is -2.36. The van der Waals surface area contributed by atoms with Crippen molar-refractivity contribution in [2.24, 2.45) is 0 Å². The molecule has 132 valence electrons. The second kappa shape index (κ2) is 7.76. The first-order valence-corrected chi connectivity index (χ1v) is 8.54. The quantitative estimate of drug-likeness (QED) is 0.928. The van der Waals surface area contributed by atoms with Crippen molar-refractivity contribution >= 4 is 5.91 Å². The van der Waals surface area contributed by atoms with Gasteiger partial charge >= 0.3 is 0 Å². The van der Waals surface area contributed by atoms with Crippen molar-refractivity contribution in [3.05, 3.63) is 71.0 Å². The summed E-state index contributed by atoms with van der Waals surface area (Å²) in [6, 6.07) is 13.7. The second-order valence-corrected chi connectivity index (χ2v) is 6.48. The number of piperazine rings is 1. The van der Waals surface area contributed by atoms with Gasteiger partial charge in [-0.05, 0) is 35.7 Å². The summed E-state index contributed by atoms with van der Waals surface area (Å²) in [6.45, 7) is 5.70. The molecular weight excluding hydrogens is 319 g/mol. The van der Waals surface area contributed by atoms with Gasteiger partial charge in [0.2, 0.25) is 0 Å². The number of aliphatic hydroxyl groups is 1. The molecule has 5 heteroatoms. The van der Waals surface area contributed by atoms with Crippen LogP contribution in [0.3, 0.4) is 0 Å². The van der Waals surface area contributed by atoms with Crippen molar-refractivity contribution in [1.29, 1.82) is 0 Å². The van der Waals surface area contributed by atoms with Crippen LogP contribution in [0.4, 0.5) is 4.39 Å². The Morgan fingerprint density at radius 2 is 1.72 bits per heavy atom. The number of aliphatic hydroxyl groups excluding tert-OH is 1. The third-order valence-electron chi connectivity index (χ3n) is 4.76. The van der Waals surface area contributed by atoms with Crippen LogP contribution in [0.1, 0.15) is 22.8 Å². The van der Waals surface area contributed by atoms with E-state index in [4.69, 9.17) is 0 Å². The van der Waals surface area contributed by atoms with Gasteiger partial charge in [-0.1, -0.05) is 36.4 Å². The van der Waals surface area contributed by atoms with E-state index in [-0.39, 0.29) is 11.7 Å². The minimum absolute atomic E-state index is 0.317. The van der Waals surface area contributed by atoms with Crippen LogP contribution in [0.5, 0.6) is 0 Å². The van der Waals surface area contributed by atoms with Gasteiger partial charge in [0.1, 0.15) is 5.82 Å². The first-order valence-electron chi connectivity index (χ1n) is 8.54. The summed E-state index contributed by atoms with van der Waals surface area (Å²) in [6.07, 6.45) is -1.23. The van der Waals surface area contributed by atoms with Crippen molar-refractivity contribution in [2.75, 3.05) is 26.2 Å². The molecule has 1 amide bonds. The van der Waals surface area contributed by atoms with Crippen LogP contribution in [0, 0.1) is 12.7 Å². The number of aryl methyl sites for hydroxylation is 1. The first kappa shape index (κ1) is 17.6. The molecule has 1 N–H and O–H groups in total. The van der Waals surface area contributed by atoms with Crippen molar-refractivity contribution in [2.45, 2.75) is 19.6 Å². The third kappa shape index (κ3) is 4.24. The number of hydrogen-bond donors (Lipinski definition) is 1. The highest BCUT2D eigenvalue weighted by Gasteiger charge is 2.27. The van der Waals surface area contributed by atoms with E-state index in [9.17, 15) is 14.3 Å². The number of benzene rings is 2. The second-order valence-electron chi connectivity index (χ2n) is 6.48. The lowest BCUT2D eigenvalue weighted by atomic mass is 10.1. The Bertz CT molecular complexity index is 725. The van der Waals surface area contributed by atoms with Crippen molar-refractivity contribution in [3.8, 4) is 0 Å². The van der Waals surface area contributed by atoms with Gasteiger partial charge in [-0.25, -0.2) is 4.39 Å². The Kier molecular flexibility index (Phi) is 5.46. The summed E-state index contributed by atoms with van der Waals surface area (Å²) in [5.74, 6) is -0.699. The SMILES string of the molecule is Cc1ccccc1CN1CCN(C(=O)[C@H](O)c2ccc(F)cc2)CC1. The molecule has 1 saturated heterocycles. The molecule has 0 aliphatic carbocycles. The summed E-state index contributed by atoms with van der Waals surface area (Å²) in [7, 11) is 0. The molecule has 0 spiro atoms. The number of nitrogens with zero attached hydrogens (tertiary/aromatic N) is 2. The summed E-state index contributed by atoms with van der Waals surface area (Å²) >= 11 is 0. The zero-order chi connectivity index (χ0) is 17.8. The largest absolute Gasteiger partial charge is 0.378 e. The molecule has 4 nitrogen and oxygen atoms in total. The normalized spacial score (nSPS) is 16.7. The Balaban J connectivity index is 1.55. The number of hydrogen-bond acceptors (Lipinski definition) is 3. The molecule has 0 bridgehead atoms. The van der Waals surface area contributed by atoms with Gasteiger partial charge in [0.15, 0.2) is 6.10 Å². The molecule has 1 fully saturated rings. The topological polar surface area (TPSA) is 43.8 Å². The Labute approximate surface area is 147 Å². The molecule has 0 radical (unpaired) electrons. The van der Waals surface area contributed by atoms with Gasteiger partial charge < -0.3 is 10.0 Å². The maximum absolute atomic E-state index is 13.0. The molecule has 2 aromatic carbocycles. The van der Waals surface area contributed by atoms with Crippen LogP contribution in [-0.2, 0) is 11.3 Å². The molecule has 25 heavy (non-hydrogen) atoms. The minimum Gasteiger partial charge on any atom is -0.378 e. The lowest BCUT2D eigenvalue weighted by Crippen LogP contribution is -2.49. The third-order valence-corrected chi connectivity index (χ3v) is 4.76. The van der Waals surface area contributed by atoms with Crippen molar-refractivity contribution < 1.29 is 14.3 Å². The summed E-state index contributed by atoms with van der Waals surface area (Å²) in [5.41, 5.74) is 3.00. The van der Waals surface area contributed by atoms with Crippen LogP contribution in [0.25, 0.3) is 0 Å². The number of halogens is 1. The zero-order valence-corrected chi connectivity index (χ0v) is 14.4. The molecule has 1 aliphatic rings. The van der Waals surface area contributed by atoms with E-state index in [2.05, 4.69) is 24.0 Å². The van der Waals surface area contributed by atoms with Gasteiger partial charge in [-0.15, -0.1) is 0 Å². The van der Waals surface area contributed by atoms with E-state index in [1.54, 1.807) is 4.90 Å². The molecule has 1 aliphatic heterocycles. The predicted octanol–water partition coefficient (Wildman–Crippen LogP) is 2.51. The highest BCUT2D eigenvalue weighted by Crippen LogP contribution is 2.18. The number of carbonyl (C=O) groups excluding carboxylic acids is 1. The maximum Gasteiger partial charge on any atom is 0.256 e. The van der Waals surface area contributed by atoms with Gasteiger partial charge in [0.05, 0.1) is 0 Å². The molecule has 1 atom stereocenters. The summed E-state index contributed by atoms with van der Waals surface area (Å²) < 4.78 is 13.0. The van der Waals surface area contributed by atoms with E-state index in [0.29, 0.717) is 18.7 Å². The van der Waals surface area contributed by atoms with Crippen LogP contribution < -0.4 is 0 Å². The minimum atomic E-state index is -1.23. The van der Waals surface area contributed by atoms with E-state index >= 15 is 0 Å². The smallest absolute Gasteiger partial charge is 0.256 e. The lowest BCUT2D eigenvalue weighted by molar-refractivity contribution is -0.142. The molecule has 0 aromatic heterocycles. The summed E-state index contributed by atoms with van der Waals surface area (Å²) in [4.78, 5) is 16.5. The zero-order valence-electron chi connectivity index (χ0n) is 14.4. The Hall–Kier alpha value is -2.24.